The highest BCUT2D eigenvalue weighted by Gasteiger charge is 2.09. The van der Waals surface area contributed by atoms with Crippen LogP contribution in [0.2, 0.25) is 0 Å². The lowest BCUT2D eigenvalue weighted by Gasteiger charge is -1.96. The van der Waals surface area contributed by atoms with Crippen LogP contribution in [0.15, 0.2) is 0 Å². The van der Waals surface area contributed by atoms with Gasteiger partial charge in [0.25, 0.3) is 0 Å². The zero-order chi connectivity index (χ0) is 6.57. The lowest BCUT2D eigenvalue weighted by molar-refractivity contribution is -0.111. The fourth-order valence-corrected chi connectivity index (χ4v) is 1.03. The molecule has 0 saturated heterocycles. The number of carbonyl (C=O) groups is 1. The number of halogens is 3. The van der Waals surface area contributed by atoms with Gasteiger partial charge in [0.1, 0.15) is 0 Å². The largest absolute Gasteiger partial charge is 0.280 e. The molecule has 0 radical (unpaired) electrons. The molecule has 0 saturated carbocycles. The first-order valence-electron chi connectivity index (χ1n) is 2.08. The van der Waals surface area contributed by atoms with Crippen LogP contribution in [0.5, 0.6) is 0 Å². The Morgan fingerprint density at radius 3 is 2.38 bits per heavy atom. The van der Waals surface area contributed by atoms with Crippen LogP contribution in [-0.2, 0) is 4.79 Å². The maximum absolute atomic E-state index is 10.2. The van der Waals surface area contributed by atoms with Crippen LogP contribution in [0.3, 0.4) is 0 Å². The molecule has 0 N–H and O–H groups in total. The van der Waals surface area contributed by atoms with E-state index in [1.807, 2.05) is 0 Å². The van der Waals surface area contributed by atoms with Crippen LogP contribution in [0, 0.1) is 0 Å². The Morgan fingerprint density at radius 2 is 2.25 bits per heavy atom. The Hall–Kier alpha value is 0.730. The Kier molecular flexibility index (Phi) is 5.01. The van der Waals surface area contributed by atoms with Crippen LogP contribution >= 0.6 is 39.1 Å². The van der Waals surface area contributed by atoms with Gasteiger partial charge in [-0.2, -0.15) is 0 Å². The van der Waals surface area contributed by atoms with Crippen molar-refractivity contribution < 1.29 is 4.79 Å². The summed E-state index contributed by atoms with van der Waals surface area (Å²) in [6, 6.07) is 0. The second kappa shape index (κ2) is 4.59. The first-order chi connectivity index (χ1) is 3.68. The predicted octanol–water partition coefficient (Wildman–Crippen LogP) is 2.14. The lowest BCUT2D eigenvalue weighted by atomic mass is 10.4. The molecule has 0 fully saturated rings. The highest BCUT2D eigenvalue weighted by Crippen LogP contribution is 2.08. The van der Waals surface area contributed by atoms with Gasteiger partial charge in [-0.25, -0.2) is 0 Å². The molecule has 0 heterocycles. The van der Waals surface area contributed by atoms with E-state index in [2.05, 4.69) is 15.9 Å². The molecule has 0 aromatic rings. The summed E-state index contributed by atoms with van der Waals surface area (Å²) in [7, 11) is 0. The minimum atomic E-state index is -0.384. The lowest BCUT2D eigenvalue weighted by Crippen LogP contribution is -2.06. The number of alkyl halides is 2. The second-order valence-electron chi connectivity index (χ2n) is 1.25. The van der Waals surface area contributed by atoms with Gasteiger partial charge in [-0.1, -0.05) is 15.9 Å². The van der Waals surface area contributed by atoms with Crippen molar-refractivity contribution in [2.45, 2.75) is 11.2 Å². The summed E-state index contributed by atoms with van der Waals surface area (Å²) in [6.07, 6.45) is 0.587. The molecule has 1 nitrogen and oxygen atoms in total. The summed E-state index contributed by atoms with van der Waals surface area (Å²) in [6.45, 7) is 0. The predicted molar refractivity (Wildman–Crippen MR) is 38.9 cm³/mol. The monoisotopic (exact) mass is 218 g/mol. The molecule has 1 unspecified atom stereocenters. The molecule has 0 rings (SSSR count). The SMILES string of the molecule is O=C(Cl)C(Br)CCCl. The Bertz CT molecular complexity index is 86.1. The van der Waals surface area contributed by atoms with Crippen molar-refractivity contribution in [1.82, 2.24) is 0 Å². The van der Waals surface area contributed by atoms with E-state index in [1.54, 1.807) is 0 Å². The fraction of sp³-hybridized carbons (Fsp3) is 0.750. The zero-order valence-corrected chi connectivity index (χ0v) is 7.13. The topological polar surface area (TPSA) is 17.1 Å². The quantitative estimate of drug-likeness (QED) is 0.525. The average Bonchev–Trinajstić information content (AvgIpc) is 1.67. The third-order valence-corrected chi connectivity index (χ3v) is 2.23. The van der Waals surface area contributed by atoms with E-state index in [4.69, 9.17) is 23.2 Å². The van der Waals surface area contributed by atoms with Crippen molar-refractivity contribution in [1.29, 1.82) is 0 Å². The molecule has 0 aromatic heterocycles. The summed E-state index contributed by atoms with van der Waals surface area (Å²) >= 11 is 13.4. The number of hydrogen-bond acceptors (Lipinski definition) is 1. The molecule has 0 aromatic carbocycles. The summed E-state index contributed by atoms with van der Waals surface area (Å²) in [4.78, 5) is 9.92. The Morgan fingerprint density at radius 1 is 1.75 bits per heavy atom. The number of hydrogen-bond donors (Lipinski definition) is 0. The standard InChI is InChI=1S/C4H5BrCl2O/c5-3(1-2-6)4(7)8/h3H,1-2H2. The van der Waals surface area contributed by atoms with Gasteiger partial charge in [0.05, 0.1) is 4.83 Å². The van der Waals surface area contributed by atoms with Crippen molar-refractivity contribution in [3.05, 3.63) is 0 Å². The smallest absolute Gasteiger partial charge is 0.235 e. The summed E-state index contributed by atoms with van der Waals surface area (Å²) in [5.41, 5.74) is 0. The van der Waals surface area contributed by atoms with Crippen LogP contribution in [0.25, 0.3) is 0 Å². The second-order valence-corrected chi connectivity index (χ2v) is 3.11. The minimum absolute atomic E-state index is 0.276. The third kappa shape index (κ3) is 3.70. The molecule has 0 aliphatic carbocycles. The first-order valence-corrected chi connectivity index (χ1v) is 3.90. The normalized spacial score (nSPS) is 13.4. The molecule has 48 valence electrons. The number of carbonyl (C=O) groups excluding carboxylic acids is 1. The van der Waals surface area contributed by atoms with E-state index in [0.29, 0.717) is 12.3 Å². The molecule has 0 aliphatic heterocycles. The summed E-state index contributed by atoms with van der Waals surface area (Å²) < 4.78 is 0. The van der Waals surface area contributed by atoms with Gasteiger partial charge in [0.2, 0.25) is 5.24 Å². The van der Waals surface area contributed by atoms with Crippen molar-refractivity contribution >= 4 is 44.4 Å². The first kappa shape index (κ1) is 8.73. The van der Waals surface area contributed by atoms with Crippen LogP contribution in [0.1, 0.15) is 6.42 Å². The summed E-state index contributed by atoms with van der Waals surface area (Å²) in [5.74, 6) is 0.453. The van der Waals surface area contributed by atoms with Gasteiger partial charge in [-0.3, -0.25) is 4.79 Å². The maximum Gasteiger partial charge on any atom is 0.235 e. The van der Waals surface area contributed by atoms with Gasteiger partial charge >= 0.3 is 0 Å². The van der Waals surface area contributed by atoms with Gasteiger partial charge in [0.15, 0.2) is 0 Å². The van der Waals surface area contributed by atoms with Crippen molar-refractivity contribution in [3.63, 3.8) is 0 Å². The molecule has 0 spiro atoms. The zero-order valence-electron chi connectivity index (χ0n) is 4.03. The van der Waals surface area contributed by atoms with E-state index >= 15 is 0 Å². The highest BCUT2D eigenvalue weighted by molar-refractivity contribution is 9.10. The Balaban J connectivity index is 3.32. The van der Waals surface area contributed by atoms with E-state index in [0.717, 1.165) is 0 Å². The van der Waals surface area contributed by atoms with E-state index in [1.165, 1.54) is 0 Å². The minimum Gasteiger partial charge on any atom is -0.280 e. The number of rotatable bonds is 3. The van der Waals surface area contributed by atoms with Gasteiger partial charge in [-0.15, -0.1) is 11.6 Å². The molecule has 0 bridgehead atoms. The van der Waals surface area contributed by atoms with Gasteiger partial charge in [0, 0.05) is 5.88 Å². The van der Waals surface area contributed by atoms with Crippen molar-refractivity contribution in [2.24, 2.45) is 0 Å². The van der Waals surface area contributed by atoms with Crippen molar-refractivity contribution in [3.8, 4) is 0 Å². The fourth-order valence-electron chi connectivity index (χ4n) is 0.209. The van der Waals surface area contributed by atoms with Crippen LogP contribution in [-0.4, -0.2) is 15.9 Å². The highest BCUT2D eigenvalue weighted by atomic mass is 79.9. The molecule has 8 heavy (non-hydrogen) atoms. The molecular weight excluding hydrogens is 215 g/mol. The molecule has 0 amide bonds. The molecule has 1 atom stereocenters. The third-order valence-electron chi connectivity index (χ3n) is 0.609. The van der Waals surface area contributed by atoms with Crippen LogP contribution < -0.4 is 0 Å². The maximum atomic E-state index is 10.2. The summed E-state index contributed by atoms with van der Waals surface area (Å²) in [5, 5.41) is -0.384. The van der Waals surface area contributed by atoms with Gasteiger partial charge < -0.3 is 0 Å². The molecular formula is C4H5BrCl2O. The molecule has 0 aliphatic rings. The van der Waals surface area contributed by atoms with E-state index in [9.17, 15) is 4.79 Å². The van der Waals surface area contributed by atoms with Gasteiger partial charge in [-0.05, 0) is 18.0 Å². The average molecular weight is 220 g/mol. The van der Waals surface area contributed by atoms with E-state index in [-0.39, 0.29) is 10.1 Å². The Labute approximate surface area is 66.5 Å². The van der Waals surface area contributed by atoms with Crippen LogP contribution in [0.4, 0.5) is 0 Å². The molecule has 4 heteroatoms. The van der Waals surface area contributed by atoms with E-state index < -0.39 is 0 Å². The van der Waals surface area contributed by atoms with Crippen molar-refractivity contribution in [2.75, 3.05) is 5.88 Å².